The molecule has 8 heteroatoms. The Morgan fingerprint density at radius 2 is 2.23 bits per heavy atom. The van der Waals surface area contributed by atoms with E-state index in [2.05, 4.69) is 5.32 Å². The Balaban J connectivity index is 2.06. The van der Waals surface area contributed by atoms with Gasteiger partial charge >= 0.3 is 0 Å². The maximum absolute atomic E-state index is 12.7. The highest BCUT2D eigenvalue weighted by Crippen LogP contribution is 2.29. The van der Waals surface area contributed by atoms with E-state index < -0.39 is 10.0 Å². The molecule has 1 saturated heterocycles. The van der Waals surface area contributed by atoms with Crippen molar-refractivity contribution in [1.82, 2.24) is 9.62 Å². The predicted molar refractivity (Wildman–Crippen MR) is 87.3 cm³/mol. The van der Waals surface area contributed by atoms with Crippen LogP contribution in [0.1, 0.15) is 31.6 Å². The van der Waals surface area contributed by atoms with E-state index in [4.69, 9.17) is 5.73 Å². The molecule has 0 unspecified atom stereocenters. The lowest BCUT2D eigenvalue weighted by atomic mass is 10.0. The molecule has 1 aliphatic heterocycles. The van der Waals surface area contributed by atoms with Crippen molar-refractivity contribution in [1.29, 1.82) is 0 Å². The van der Waals surface area contributed by atoms with Crippen LogP contribution < -0.4 is 11.1 Å². The molecule has 6 nitrogen and oxygen atoms in total. The number of sulfonamides is 1. The molecule has 2 rings (SSSR count). The maximum atomic E-state index is 12.7. The number of piperidine rings is 1. The number of amides is 1. The van der Waals surface area contributed by atoms with Gasteiger partial charge in [0.1, 0.15) is 4.21 Å². The van der Waals surface area contributed by atoms with E-state index in [1.165, 1.54) is 18.3 Å². The molecule has 2 atom stereocenters. The molecule has 0 spiro atoms. The SMILES string of the molecule is CC(=O)NCCc1ccc(S(=O)(=O)N2CC[C@@H](N)C[C@@H]2C)s1. The summed E-state index contributed by atoms with van der Waals surface area (Å²) in [4.78, 5) is 11.8. The Bertz CT molecular complexity index is 627. The Hall–Kier alpha value is -0.960. The zero-order valence-corrected chi connectivity index (χ0v) is 14.5. The topological polar surface area (TPSA) is 92.5 Å². The summed E-state index contributed by atoms with van der Waals surface area (Å²) in [7, 11) is -3.45. The average molecular weight is 345 g/mol. The largest absolute Gasteiger partial charge is 0.356 e. The first kappa shape index (κ1) is 17.4. The molecule has 3 N–H and O–H groups in total. The van der Waals surface area contributed by atoms with Crippen LogP contribution in [0.15, 0.2) is 16.3 Å². The van der Waals surface area contributed by atoms with Crippen LogP contribution in [0.4, 0.5) is 0 Å². The monoisotopic (exact) mass is 345 g/mol. The fraction of sp³-hybridized carbons (Fsp3) is 0.643. The molecule has 1 fully saturated rings. The number of hydrogen-bond acceptors (Lipinski definition) is 5. The Kier molecular flexibility index (Phi) is 5.60. The normalized spacial score (nSPS) is 23.4. The Morgan fingerprint density at radius 1 is 1.50 bits per heavy atom. The molecular formula is C14H23N3O3S2. The summed E-state index contributed by atoms with van der Waals surface area (Å²) in [5.41, 5.74) is 5.90. The van der Waals surface area contributed by atoms with E-state index in [1.54, 1.807) is 10.4 Å². The quantitative estimate of drug-likeness (QED) is 0.830. The molecule has 2 heterocycles. The molecule has 22 heavy (non-hydrogen) atoms. The van der Waals surface area contributed by atoms with Gasteiger partial charge in [-0.15, -0.1) is 11.3 Å². The van der Waals surface area contributed by atoms with E-state index in [0.717, 1.165) is 4.88 Å². The van der Waals surface area contributed by atoms with Crippen LogP contribution in [0.25, 0.3) is 0 Å². The summed E-state index contributed by atoms with van der Waals surface area (Å²) in [5, 5.41) is 2.71. The molecular weight excluding hydrogens is 322 g/mol. The third kappa shape index (κ3) is 4.07. The van der Waals surface area contributed by atoms with Gasteiger partial charge in [0.25, 0.3) is 10.0 Å². The smallest absolute Gasteiger partial charge is 0.252 e. The summed E-state index contributed by atoms with van der Waals surface area (Å²) in [6.45, 7) is 4.36. The van der Waals surface area contributed by atoms with E-state index in [-0.39, 0.29) is 18.0 Å². The lowest BCUT2D eigenvalue weighted by molar-refractivity contribution is -0.118. The second-order valence-corrected chi connectivity index (χ2v) is 8.99. The first-order valence-electron chi connectivity index (χ1n) is 7.41. The average Bonchev–Trinajstić information content (AvgIpc) is 2.87. The highest BCUT2D eigenvalue weighted by Gasteiger charge is 2.34. The Morgan fingerprint density at radius 3 is 2.86 bits per heavy atom. The lowest BCUT2D eigenvalue weighted by Crippen LogP contribution is -2.48. The van der Waals surface area contributed by atoms with Gasteiger partial charge in [0, 0.05) is 37.0 Å². The zero-order chi connectivity index (χ0) is 16.3. The minimum atomic E-state index is -3.45. The zero-order valence-electron chi connectivity index (χ0n) is 12.9. The minimum absolute atomic E-state index is 0.0707. The van der Waals surface area contributed by atoms with Crippen LogP contribution in [-0.2, 0) is 21.2 Å². The first-order chi connectivity index (χ1) is 10.3. The van der Waals surface area contributed by atoms with Gasteiger partial charge in [0.05, 0.1) is 0 Å². The number of thiophene rings is 1. The molecule has 1 aliphatic rings. The molecule has 1 aromatic heterocycles. The van der Waals surface area contributed by atoms with Gasteiger partial charge in [0.15, 0.2) is 0 Å². The molecule has 124 valence electrons. The summed E-state index contributed by atoms with van der Waals surface area (Å²) in [6.07, 6.45) is 2.03. The van der Waals surface area contributed by atoms with Crippen molar-refractivity contribution in [3.05, 3.63) is 17.0 Å². The number of carbonyl (C=O) groups is 1. The number of nitrogens with two attached hydrogens (primary N) is 1. The van der Waals surface area contributed by atoms with Crippen molar-refractivity contribution in [3.8, 4) is 0 Å². The van der Waals surface area contributed by atoms with Gasteiger partial charge in [-0.1, -0.05) is 0 Å². The number of carbonyl (C=O) groups excluding carboxylic acids is 1. The van der Waals surface area contributed by atoms with Gasteiger partial charge in [0.2, 0.25) is 5.91 Å². The minimum Gasteiger partial charge on any atom is -0.356 e. The van der Waals surface area contributed by atoms with E-state index in [1.807, 2.05) is 13.0 Å². The number of nitrogens with zero attached hydrogens (tertiary/aromatic N) is 1. The van der Waals surface area contributed by atoms with Gasteiger partial charge in [-0.25, -0.2) is 8.42 Å². The third-order valence-electron chi connectivity index (χ3n) is 3.80. The summed E-state index contributed by atoms with van der Waals surface area (Å²) in [6, 6.07) is 3.49. The summed E-state index contributed by atoms with van der Waals surface area (Å²) < 4.78 is 27.4. The van der Waals surface area contributed by atoms with Crippen molar-refractivity contribution >= 4 is 27.3 Å². The number of rotatable bonds is 5. The molecule has 0 bridgehead atoms. The van der Waals surface area contributed by atoms with Crippen LogP contribution in [0.3, 0.4) is 0 Å². The second-order valence-electron chi connectivity index (χ2n) is 5.70. The van der Waals surface area contributed by atoms with Crippen LogP contribution in [0.2, 0.25) is 0 Å². The number of nitrogens with one attached hydrogen (secondary N) is 1. The first-order valence-corrected chi connectivity index (χ1v) is 9.67. The van der Waals surface area contributed by atoms with Gasteiger partial charge in [-0.3, -0.25) is 4.79 Å². The molecule has 1 aromatic rings. The van der Waals surface area contributed by atoms with Crippen LogP contribution >= 0.6 is 11.3 Å². The number of hydrogen-bond donors (Lipinski definition) is 2. The van der Waals surface area contributed by atoms with Crippen molar-refractivity contribution in [2.75, 3.05) is 13.1 Å². The molecule has 1 amide bonds. The van der Waals surface area contributed by atoms with Gasteiger partial charge < -0.3 is 11.1 Å². The molecule has 0 aliphatic carbocycles. The van der Waals surface area contributed by atoms with Crippen LogP contribution in [0, 0.1) is 0 Å². The Labute approximate surface area is 135 Å². The van der Waals surface area contributed by atoms with Crippen molar-refractivity contribution < 1.29 is 13.2 Å². The summed E-state index contributed by atoms with van der Waals surface area (Å²) in [5.74, 6) is -0.0807. The van der Waals surface area contributed by atoms with Crippen molar-refractivity contribution in [3.63, 3.8) is 0 Å². The van der Waals surface area contributed by atoms with E-state index >= 15 is 0 Å². The van der Waals surface area contributed by atoms with E-state index in [0.29, 0.717) is 36.6 Å². The summed E-state index contributed by atoms with van der Waals surface area (Å²) >= 11 is 1.28. The van der Waals surface area contributed by atoms with Crippen LogP contribution in [0.5, 0.6) is 0 Å². The fourth-order valence-corrected chi connectivity index (χ4v) is 5.79. The third-order valence-corrected chi connectivity index (χ3v) is 7.43. The standard InChI is InChI=1S/C14H23N3O3S2/c1-10-9-12(15)6-8-17(10)22(19,20)14-4-3-13(21-14)5-7-16-11(2)18/h3-4,10,12H,5-9,15H2,1-2H3,(H,16,18)/t10-,12+/m0/s1. The van der Waals surface area contributed by atoms with Crippen LogP contribution in [-0.4, -0.2) is 43.8 Å². The maximum Gasteiger partial charge on any atom is 0.252 e. The highest BCUT2D eigenvalue weighted by molar-refractivity contribution is 7.91. The van der Waals surface area contributed by atoms with Crippen molar-refractivity contribution in [2.24, 2.45) is 5.73 Å². The van der Waals surface area contributed by atoms with E-state index in [9.17, 15) is 13.2 Å². The molecule has 0 aromatic carbocycles. The molecule has 0 saturated carbocycles. The second kappa shape index (κ2) is 7.08. The van der Waals surface area contributed by atoms with Crippen molar-refractivity contribution in [2.45, 2.75) is 49.4 Å². The highest BCUT2D eigenvalue weighted by atomic mass is 32.2. The predicted octanol–water partition coefficient (Wildman–Crippen LogP) is 0.927. The molecule has 0 radical (unpaired) electrons. The van der Waals surface area contributed by atoms with Gasteiger partial charge in [-0.05, 0) is 38.3 Å². The van der Waals surface area contributed by atoms with Gasteiger partial charge in [-0.2, -0.15) is 4.31 Å². The lowest BCUT2D eigenvalue weighted by Gasteiger charge is -2.34. The fourth-order valence-electron chi connectivity index (χ4n) is 2.65.